The highest BCUT2D eigenvalue weighted by Crippen LogP contribution is 2.27. The molecular weight excluding hydrogens is 269 g/mol. The molecule has 1 heterocycles. The van der Waals surface area contributed by atoms with Gasteiger partial charge in [-0.15, -0.1) is 0 Å². The molecule has 0 amide bonds. The van der Waals surface area contributed by atoms with Crippen LogP contribution in [0, 0.1) is 5.82 Å². The first-order chi connectivity index (χ1) is 10.1. The number of aromatic nitrogens is 2. The van der Waals surface area contributed by atoms with Crippen LogP contribution in [0.3, 0.4) is 0 Å². The van der Waals surface area contributed by atoms with Crippen LogP contribution in [0.25, 0.3) is 16.7 Å². The van der Waals surface area contributed by atoms with E-state index in [2.05, 4.69) is 4.98 Å². The number of fused-ring (bicyclic) bond motifs is 1. The highest BCUT2D eigenvalue weighted by atomic mass is 19.1. The first kappa shape index (κ1) is 13.4. The van der Waals surface area contributed by atoms with E-state index < -0.39 is 0 Å². The number of nitrogens with two attached hydrogens (primary N) is 1. The van der Waals surface area contributed by atoms with Crippen molar-refractivity contribution in [2.45, 2.75) is 13.3 Å². The number of halogens is 1. The van der Waals surface area contributed by atoms with E-state index in [1.54, 1.807) is 12.1 Å². The Morgan fingerprint density at radius 1 is 1.24 bits per heavy atom. The smallest absolute Gasteiger partial charge is 0.165 e. The predicted octanol–water partition coefficient (Wildman–Crippen LogP) is 3.32. The second-order valence-electron chi connectivity index (χ2n) is 4.78. The van der Waals surface area contributed by atoms with Gasteiger partial charge in [0.1, 0.15) is 5.82 Å². The highest BCUT2D eigenvalue weighted by Gasteiger charge is 2.13. The van der Waals surface area contributed by atoms with Crippen LogP contribution < -0.4 is 10.5 Å². The summed E-state index contributed by atoms with van der Waals surface area (Å²) in [6, 6.07) is 10.4. The lowest BCUT2D eigenvalue weighted by Gasteiger charge is -2.10. The Bertz CT molecular complexity index is 811. The monoisotopic (exact) mass is 285 g/mol. The van der Waals surface area contributed by atoms with Gasteiger partial charge in [-0.05, 0) is 30.3 Å². The summed E-state index contributed by atoms with van der Waals surface area (Å²) < 4.78 is 20.7. The van der Waals surface area contributed by atoms with Gasteiger partial charge in [0.15, 0.2) is 11.6 Å². The Balaban J connectivity index is 2.28. The Hall–Kier alpha value is -2.56. The Labute approximate surface area is 122 Å². The molecule has 4 nitrogen and oxygen atoms in total. The van der Waals surface area contributed by atoms with Gasteiger partial charge in [-0.25, -0.2) is 9.37 Å². The van der Waals surface area contributed by atoms with Gasteiger partial charge in [0.2, 0.25) is 0 Å². The van der Waals surface area contributed by atoms with Crippen LogP contribution in [0.15, 0.2) is 36.4 Å². The molecule has 2 N–H and O–H groups in total. The number of nitrogen functional groups attached to an aromatic ring is 1. The fourth-order valence-electron chi connectivity index (χ4n) is 2.46. The Morgan fingerprint density at radius 2 is 2.05 bits per heavy atom. The maximum Gasteiger partial charge on any atom is 0.165 e. The fraction of sp³-hybridized carbons (Fsp3) is 0.188. The topological polar surface area (TPSA) is 53.1 Å². The van der Waals surface area contributed by atoms with Gasteiger partial charge in [-0.3, -0.25) is 4.57 Å². The second-order valence-corrected chi connectivity index (χ2v) is 4.78. The number of anilines is 1. The first-order valence-corrected chi connectivity index (χ1v) is 6.74. The highest BCUT2D eigenvalue weighted by molar-refractivity contribution is 5.81. The lowest BCUT2D eigenvalue weighted by Crippen LogP contribution is -2.01. The fourth-order valence-corrected chi connectivity index (χ4v) is 2.46. The maximum absolute atomic E-state index is 13.6. The van der Waals surface area contributed by atoms with Crippen molar-refractivity contribution in [3.05, 3.63) is 48.0 Å². The molecule has 108 valence electrons. The average molecular weight is 285 g/mol. The lowest BCUT2D eigenvalue weighted by atomic mass is 10.2. The summed E-state index contributed by atoms with van der Waals surface area (Å²) in [5, 5.41) is 0. The molecule has 0 saturated carbocycles. The number of imidazole rings is 1. The summed E-state index contributed by atoms with van der Waals surface area (Å²) in [4.78, 5) is 4.59. The average Bonchev–Trinajstić information content (AvgIpc) is 2.85. The van der Waals surface area contributed by atoms with Crippen LogP contribution in [0.1, 0.15) is 12.7 Å². The van der Waals surface area contributed by atoms with E-state index in [4.69, 9.17) is 10.5 Å². The zero-order valence-corrected chi connectivity index (χ0v) is 11.9. The van der Waals surface area contributed by atoms with Crippen LogP contribution in [0.4, 0.5) is 10.1 Å². The number of methoxy groups -OCH3 is 1. The predicted molar refractivity (Wildman–Crippen MR) is 81.4 cm³/mol. The number of aryl methyl sites for hydroxylation is 1. The van der Waals surface area contributed by atoms with Crippen molar-refractivity contribution in [3.63, 3.8) is 0 Å². The van der Waals surface area contributed by atoms with E-state index in [0.717, 1.165) is 29.0 Å². The third kappa shape index (κ3) is 2.20. The van der Waals surface area contributed by atoms with Crippen LogP contribution in [-0.2, 0) is 6.42 Å². The van der Waals surface area contributed by atoms with Crippen molar-refractivity contribution in [3.8, 4) is 11.4 Å². The van der Waals surface area contributed by atoms with Crippen LogP contribution in [-0.4, -0.2) is 16.7 Å². The number of hydrogen-bond acceptors (Lipinski definition) is 3. The van der Waals surface area contributed by atoms with Crippen molar-refractivity contribution in [2.75, 3.05) is 12.8 Å². The van der Waals surface area contributed by atoms with Crippen molar-refractivity contribution in [1.82, 2.24) is 9.55 Å². The SMILES string of the molecule is CCc1nc2cc(N)ccc2n1-c1ccc(F)c(OC)c1. The molecule has 0 bridgehead atoms. The minimum absolute atomic E-state index is 0.215. The van der Waals surface area contributed by atoms with Crippen molar-refractivity contribution in [1.29, 1.82) is 0 Å². The molecular formula is C16H16FN3O. The molecule has 0 unspecified atom stereocenters. The van der Waals surface area contributed by atoms with Crippen molar-refractivity contribution >= 4 is 16.7 Å². The minimum atomic E-state index is -0.382. The van der Waals surface area contributed by atoms with Gasteiger partial charge in [-0.2, -0.15) is 0 Å². The molecule has 21 heavy (non-hydrogen) atoms. The summed E-state index contributed by atoms with van der Waals surface area (Å²) in [7, 11) is 1.45. The molecule has 0 spiro atoms. The standard InChI is InChI=1S/C16H16FN3O/c1-3-16-19-13-8-10(18)4-7-14(13)20(16)11-5-6-12(17)15(9-11)21-2/h4-9H,3,18H2,1-2H3. The molecule has 3 aromatic rings. The number of hydrogen-bond donors (Lipinski definition) is 1. The summed E-state index contributed by atoms with van der Waals surface area (Å²) in [6.07, 6.45) is 0.758. The normalized spacial score (nSPS) is 11.0. The summed E-state index contributed by atoms with van der Waals surface area (Å²) in [5.41, 5.74) is 9.07. The van der Waals surface area contributed by atoms with Crippen molar-refractivity contribution in [2.24, 2.45) is 0 Å². The molecule has 0 aliphatic rings. The number of ether oxygens (including phenoxy) is 1. The quantitative estimate of drug-likeness (QED) is 0.751. The zero-order valence-electron chi connectivity index (χ0n) is 11.9. The number of nitrogens with zero attached hydrogens (tertiary/aromatic N) is 2. The van der Waals surface area contributed by atoms with Crippen LogP contribution in [0.5, 0.6) is 5.75 Å². The van der Waals surface area contributed by atoms with E-state index >= 15 is 0 Å². The Kier molecular flexibility index (Phi) is 3.25. The summed E-state index contributed by atoms with van der Waals surface area (Å²) in [6.45, 7) is 2.03. The van der Waals surface area contributed by atoms with Gasteiger partial charge in [0, 0.05) is 18.2 Å². The van der Waals surface area contributed by atoms with E-state index in [1.165, 1.54) is 13.2 Å². The van der Waals surface area contributed by atoms with Gasteiger partial charge in [-0.1, -0.05) is 6.92 Å². The van der Waals surface area contributed by atoms with E-state index in [0.29, 0.717) is 5.69 Å². The van der Waals surface area contributed by atoms with Gasteiger partial charge in [0.25, 0.3) is 0 Å². The molecule has 0 radical (unpaired) electrons. The van der Waals surface area contributed by atoms with E-state index in [-0.39, 0.29) is 11.6 Å². The molecule has 0 aliphatic carbocycles. The molecule has 0 atom stereocenters. The van der Waals surface area contributed by atoms with Gasteiger partial charge in [0.05, 0.1) is 23.8 Å². The zero-order chi connectivity index (χ0) is 15.0. The molecule has 3 rings (SSSR count). The second kappa shape index (κ2) is 5.09. The largest absolute Gasteiger partial charge is 0.494 e. The maximum atomic E-state index is 13.6. The summed E-state index contributed by atoms with van der Waals surface area (Å²) >= 11 is 0. The van der Waals surface area contributed by atoms with Gasteiger partial charge < -0.3 is 10.5 Å². The number of rotatable bonds is 3. The third-order valence-corrected chi connectivity index (χ3v) is 3.46. The Morgan fingerprint density at radius 3 is 2.76 bits per heavy atom. The number of benzene rings is 2. The van der Waals surface area contributed by atoms with Gasteiger partial charge >= 0.3 is 0 Å². The van der Waals surface area contributed by atoms with E-state index in [9.17, 15) is 4.39 Å². The molecule has 1 aromatic heterocycles. The molecule has 0 saturated heterocycles. The molecule has 5 heteroatoms. The lowest BCUT2D eigenvalue weighted by molar-refractivity contribution is 0.386. The first-order valence-electron chi connectivity index (χ1n) is 6.74. The molecule has 0 aliphatic heterocycles. The van der Waals surface area contributed by atoms with Crippen LogP contribution in [0.2, 0.25) is 0 Å². The van der Waals surface area contributed by atoms with E-state index in [1.807, 2.05) is 29.7 Å². The molecule has 0 fully saturated rings. The third-order valence-electron chi connectivity index (χ3n) is 3.46. The van der Waals surface area contributed by atoms with Crippen molar-refractivity contribution < 1.29 is 9.13 Å². The minimum Gasteiger partial charge on any atom is -0.494 e. The van der Waals surface area contributed by atoms with Crippen LogP contribution >= 0.6 is 0 Å². The molecule has 2 aromatic carbocycles. The summed E-state index contributed by atoms with van der Waals surface area (Å²) in [5.74, 6) is 0.726.